The van der Waals surface area contributed by atoms with Crippen LogP contribution in [0.2, 0.25) is 0 Å². The maximum atomic E-state index is 2.28. The molecule has 0 aromatic carbocycles. The zero-order valence-electron chi connectivity index (χ0n) is 12.7. The van der Waals surface area contributed by atoms with Gasteiger partial charge in [0.2, 0.25) is 0 Å². The molecule has 0 spiro atoms. The predicted molar refractivity (Wildman–Crippen MR) is 75.3 cm³/mol. The van der Waals surface area contributed by atoms with Crippen molar-refractivity contribution in [3.8, 4) is 0 Å². The molecule has 0 fully saturated rings. The summed E-state index contributed by atoms with van der Waals surface area (Å²) in [6.45, 7) is 3.63. The second-order valence-electron chi connectivity index (χ2n) is 5.14. The summed E-state index contributed by atoms with van der Waals surface area (Å²) in [5.74, 6) is 0. The standard InChI is InChI=1S/C14H31N.ClH.Na/c1-4-5-6-7-8-9-10-11-12-13-14-15(2)3;;/h4-14H2,1-3H3;1H;. The summed E-state index contributed by atoms with van der Waals surface area (Å²) < 4.78 is 0. The second kappa shape index (κ2) is 19.6. The fraction of sp³-hybridized carbons (Fsp3) is 1.00. The Balaban J connectivity index is -0.000000980. The minimum atomic E-state index is 0. The van der Waals surface area contributed by atoms with Crippen LogP contribution < -0.4 is 17.3 Å². The van der Waals surface area contributed by atoms with Crippen molar-refractivity contribution in [2.24, 2.45) is 0 Å². The molecule has 0 aromatic heterocycles. The number of unbranched alkanes of at least 4 members (excludes halogenated alkanes) is 9. The molecule has 3 heteroatoms. The van der Waals surface area contributed by atoms with Crippen LogP contribution in [0, 0.1) is 0 Å². The summed E-state index contributed by atoms with van der Waals surface area (Å²) in [7, 11) is 4.49. The zero-order chi connectivity index (χ0) is 11.4. The van der Waals surface area contributed by atoms with Gasteiger partial charge in [0, 0.05) is 29.6 Å². The minimum absolute atomic E-state index is 0. The van der Waals surface area contributed by atoms with Crippen LogP contribution in [0.25, 0.3) is 0 Å². The number of quaternary nitrogens is 1. The Bertz CT molecular complexity index is 121. The molecular formula is C14H32ClNNa. The third-order valence-corrected chi connectivity index (χ3v) is 3.03. The summed E-state index contributed by atoms with van der Waals surface area (Å²) in [6, 6.07) is 0. The van der Waals surface area contributed by atoms with Crippen LogP contribution in [0.4, 0.5) is 0 Å². The van der Waals surface area contributed by atoms with Crippen molar-refractivity contribution in [2.75, 3.05) is 20.6 Å². The molecule has 0 aliphatic carbocycles. The Morgan fingerprint density at radius 1 is 0.647 bits per heavy atom. The fourth-order valence-corrected chi connectivity index (χ4v) is 1.97. The van der Waals surface area contributed by atoms with Crippen LogP contribution in [-0.4, -0.2) is 50.2 Å². The van der Waals surface area contributed by atoms with E-state index in [-0.39, 0.29) is 42.0 Å². The van der Waals surface area contributed by atoms with Crippen LogP contribution in [-0.2, 0) is 0 Å². The van der Waals surface area contributed by atoms with Gasteiger partial charge in [-0.1, -0.05) is 58.3 Å². The largest absolute Gasteiger partial charge is 1.00 e. The van der Waals surface area contributed by atoms with Gasteiger partial charge < -0.3 is 17.3 Å². The van der Waals surface area contributed by atoms with Gasteiger partial charge in [0.05, 0.1) is 20.6 Å². The van der Waals surface area contributed by atoms with Crippen LogP contribution in [0.1, 0.15) is 71.1 Å². The van der Waals surface area contributed by atoms with Crippen molar-refractivity contribution >= 4 is 29.6 Å². The van der Waals surface area contributed by atoms with Gasteiger partial charge in [-0.05, 0) is 12.8 Å². The number of halogens is 1. The summed E-state index contributed by atoms with van der Waals surface area (Å²) in [5.41, 5.74) is 0. The molecule has 17 heavy (non-hydrogen) atoms. The first-order chi connectivity index (χ1) is 7.27. The molecular weight excluding hydrogens is 241 g/mol. The first-order valence-corrected chi connectivity index (χ1v) is 7.06. The van der Waals surface area contributed by atoms with Crippen LogP contribution >= 0.6 is 0 Å². The minimum Gasteiger partial charge on any atom is -1.00 e. The Morgan fingerprint density at radius 2 is 1.00 bits per heavy atom. The van der Waals surface area contributed by atoms with Gasteiger partial charge in [0.1, 0.15) is 0 Å². The van der Waals surface area contributed by atoms with Crippen LogP contribution in [0.5, 0.6) is 0 Å². The van der Waals surface area contributed by atoms with Gasteiger partial charge in [-0.25, -0.2) is 0 Å². The molecule has 101 valence electrons. The molecule has 1 radical (unpaired) electrons. The van der Waals surface area contributed by atoms with Crippen molar-refractivity contribution in [2.45, 2.75) is 71.1 Å². The van der Waals surface area contributed by atoms with E-state index in [9.17, 15) is 0 Å². The molecule has 0 aromatic rings. The fourth-order valence-electron chi connectivity index (χ4n) is 1.97. The van der Waals surface area contributed by atoms with E-state index in [1.54, 1.807) is 4.90 Å². The summed E-state index contributed by atoms with van der Waals surface area (Å²) >= 11 is 0. The molecule has 1 N–H and O–H groups in total. The summed E-state index contributed by atoms with van der Waals surface area (Å²) in [5, 5.41) is 0. The van der Waals surface area contributed by atoms with Crippen molar-refractivity contribution < 1.29 is 17.3 Å². The third-order valence-electron chi connectivity index (χ3n) is 3.03. The monoisotopic (exact) mass is 272 g/mol. The predicted octanol–water partition coefficient (Wildman–Crippen LogP) is -0.325. The van der Waals surface area contributed by atoms with E-state index >= 15 is 0 Å². The average molecular weight is 273 g/mol. The Kier molecular flexibility index (Phi) is 26.9. The molecule has 0 aliphatic rings. The number of hydrogen-bond donors (Lipinski definition) is 1. The van der Waals surface area contributed by atoms with Crippen molar-refractivity contribution in [1.82, 2.24) is 0 Å². The van der Waals surface area contributed by atoms with E-state index in [2.05, 4.69) is 21.0 Å². The van der Waals surface area contributed by atoms with Crippen molar-refractivity contribution in [1.29, 1.82) is 0 Å². The first kappa shape index (κ1) is 23.4. The van der Waals surface area contributed by atoms with Gasteiger partial charge in [0.25, 0.3) is 0 Å². The molecule has 0 amide bonds. The molecule has 0 saturated carbocycles. The molecule has 0 aliphatic heterocycles. The second-order valence-corrected chi connectivity index (χ2v) is 5.14. The number of hydrogen-bond acceptors (Lipinski definition) is 0. The van der Waals surface area contributed by atoms with Gasteiger partial charge in [-0.2, -0.15) is 0 Å². The van der Waals surface area contributed by atoms with E-state index in [4.69, 9.17) is 0 Å². The Hall–Kier alpha value is 1.25. The Labute approximate surface area is 138 Å². The normalized spacial score (nSPS) is 9.88. The van der Waals surface area contributed by atoms with Gasteiger partial charge in [0.15, 0.2) is 0 Å². The van der Waals surface area contributed by atoms with Crippen molar-refractivity contribution in [3.05, 3.63) is 0 Å². The molecule has 1 nitrogen and oxygen atoms in total. The number of rotatable bonds is 11. The van der Waals surface area contributed by atoms with Crippen LogP contribution in [0.15, 0.2) is 0 Å². The van der Waals surface area contributed by atoms with E-state index in [1.165, 1.54) is 70.8 Å². The first-order valence-electron chi connectivity index (χ1n) is 7.06. The van der Waals surface area contributed by atoms with Gasteiger partial charge >= 0.3 is 0 Å². The molecule has 0 heterocycles. The Morgan fingerprint density at radius 3 is 1.35 bits per heavy atom. The van der Waals surface area contributed by atoms with Crippen LogP contribution in [0.3, 0.4) is 0 Å². The van der Waals surface area contributed by atoms with E-state index in [0.717, 1.165) is 0 Å². The summed E-state index contributed by atoms with van der Waals surface area (Å²) in [6.07, 6.45) is 14.5. The molecule has 0 bridgehead atoms. The molecule has 0 rings (SSSR count). The zero-order valence-corrected chi connectivity index (χ0v) is 15.4. The molecule has 0 saturated heterocycles. The SMILES string of the molecule is CCCCCCCCCCCC[NH+](C)C.[Cl-].[Na]. The molecule has 0 unspecified atom stereocenters. The van der Waals surface area contributed by atoms with Crippen molar-refractivity contribution in [3.63, 3.8) is 0 Å². The average Bonchev–Trinajstić information content (AvgIpc) is 2.20. The van der Waals surface area contributed by atoms with E-state index in [1.807, 2.05) is 0 Å². The van der Waals surface area contributed by atoms with Gasteiger partial charge in [-0.15, -0.1) is 0 Å². The topological polar surface area (TPSA) is 4.44 Å². The van der Waals surface area contributed by atoms with Gasteiger partial charge in [-0.3, -0.25) is 0 Å². The quantitative estimate of drug-likeness (QED) is 0.388. The van der Waals surface area contributed by atoms with E-state index in [0.29, 0.717) is 0 Å². The maximum absolute atomic E-state index is 2.28. The summed E-state index contributed by atoms with van der Waals surface area (Å²) in [4.78, 5) is 1.59. The maximum Gasteiger partial charge on any atom is 0.0766 e. The smallest absolute Gasteiger partial charge is 0.0766 e. The molecule has 0 atom stereocenters. The third kappa shape index (κ3) is 22.9. The number of nitrogens with one attached hydrogen (secondary N) is 1. The van der Waals surface area contributed by atoms with E-state index < -0.39 is 0 Å².